The number of hydrogen-bond acceptors (Lipinski definition) is 10. The van der Waals surface area contributed by atoms with Crippen LogP contribution in [-0.2, 0) is 14.4 Å². The molecule has 2 unspecified atom stereocenters. The first kappa shape index (κ1) is 13.6. The SMILES string of the molecule is N#C[C@@H]1OC(CN=O)[C@H](N=O)C(ON)[C@@H]1ON. The van der Waals surface area contributed by atoms with E-state index in [9.17, 15) is 9.81 Å². The monoisotopic (exact) mass is 245 g/mol. The maximum Gasteiger partial charge on any atom is 0.175 e. The Balaban J connectivity index is 2.96. The highest BCUT2D eigenvalue weighted by molar-refractivity contribution is 5.05. The lowest BCUT2D eigenvalue weighted by Gasteiger charge is -2.38. The summed E-state index contributed by atoms with van der Waals surface area (Å²) in [5, 5.41) is 14.2. The number of nitrogens with zero attached hydrogens (tertiary/aromatic N) is 3. The van der Waals surface area contributed by atoms with Gasteiger partial charge in [-0.3, -0.25) is 9.68 Å². The first-order valence-electron chi connectivity index (χ1n) is 4.61. The minimum Gasteiger partial charge on any atom is -0.353 e. The molecule has 1 fully saturated rings. The summed E-state index contributed by atoms with van der Waals surface area (Å²) in [6.07, 6.45) is -4.27. The highest BCUT2D eigenvalue weighted by Crippen LogP contribution is 2.26. The second-order valence-electron chi connectivity index (χ2n) is 3.33. The van der Waals surface area contributed by atoms with Gasteiger partial charge in [-0.25, -0.2) is 11.8 Å². The van der Waals surface area contributed by atoms with E-state index < -0.39 is 30.5 Å². The summed E-state index contributed by atoms with van der Waals surface area (Å²) in [6, 6.07) is 0.623. The highest BCUT2D eigenvalue weighted by atomic mass is 16.7. The van der Waals surface area contributed by atoms with Crippen LogP contribution in [0, 0.1) is 21.1 Å². The Morgan fingerprint density at radius 2 is 1.94 bits per heavy atom. The van der Waals surface area contributed by atoms with Crippen LogP contribution in [0.25, 0.3) is 0 Å². The van der Waals surface area contributed by atoms with Crippen LogP contribution >= 0.6 is 0 Å². The van der Waals surface area contributed by atoms with Crippen LogP contribution in [0.5, 0.6) is 0 Å². The summed E-state index contributed by atoms with van der Waals surface area (Å²) in [5.74, 6) is 9.98. The fourth-order valence-electron chi connectivity index (χ4n) is 1.69. The predicted molar refractivity (Wildman–Crippen MR) is 52.6 cm³/mol. The van der Waals surface area contributed by atoms with Gasteiger partial charge in [0.15, 0.2) is 12.1 Å². The van der Waals surface area contributed by atoms with Crippen molar-refractivity contribution in [3.8, 4) is 6.07 Å². The molecule has 94 valence electrons. The Kier molecular flexibility index (Phi) is 5.01. The molecule has 10 heteroatoms. The van der Waals surface area contributed by atoms with E-state index in [1.807, 2.05) is 0 Å². The molecule has 0 amide bonds. The molecule has 0 bridgehead atoms. The van der Waals surface area contributed by atoms with E-state index in [4.69, 9.17) is 21.8 Å². The highest BCUT2D eigenvalue weighted by Gasteiger charge is 2.49. The summed E-state index contributed by atoms with van der Waals surface area (Å²) < 4.78 is 5.13. The molecule has 0 aromatic rings. The van der Waals surface area contributed by atoms with E-state index in [1.165, 1.54) is 0 Å². The van der Waals surface area contributed by atoms with Crippen LogP contribution in [0.4, 0.5) is 0 Å². The van der Waals surface area contributed by atoms with Crippen LogP contribution in [-0.4, -0.2) is 37.0 Å². The standard InChI is InChI=1S/C7H11N5O5/c8-1-3-6(16-9)7(17-10)5(12-14)4(15-3)2-11-13/h3-7H,2,9-10H2/t3-,4?,5-,6+,7?/m0/s1. The van der Waals surface area contributed by atoms with Crippen molar-refractivity contribution in [1.29, 1.82) is 5.26 Å². The minimum atomic E-state index is -1.13. The predicted octanol–water partition coefficient (Wildman–Crippen LogP) is -1.30. The number of hydrogen-bond donors (Lipinski definition) is 2. The van der Waals surface area contributed by atoms with Gasteiger partial charge in [0.05, 0.1) is 6.07 Å². The lowest BCUT2D eigenvalue weighted by Crippen LogP contribution is -2.60. The van der Waals surface area contributed by atoms with Crippen LogP contribution in [0.1, 0.15) is 0 Å². The third kappa shape index (κ3) is 2.60. The molecule has 0 aliphatic carbocycles. The van der Waals surface area contributed by atoms with Crippen molar-refractivity contribution in [2.45, 2.75) is 30.5 Å². The minimum absolute atomic E-state index is 0.355. The number of nitriles is 1. The first-order valence-corrected chi connectivity index (χ1v) is 4.61. The number of ether oxygens (including phenoxy) is 1. The van der Waals surface area contributed by atoms with Gasteiger partial charge in [0.25, 0.3) is 0 Å². The molecule has 1 saturated heterocycles. The van der Waals surface area contributed by atoms with E-state index in [2.05, 4.69) is 20.0 Å². The van der Waals surface area contributed by atoms with Crippen molar-refractivity contribution in [3.05, 3.63) is 9.81 Å². The second kappa shape index (κ2) is 6.28. The van der Waals surface area contributed by atoms with Crippen LogP contribution in [0.2, 0.25) is 0 Å². The zero-order valence-electron chi connectivity index (χ0n) is 8.63. The second-order valence-corrected chi connectivity index (χ2v) is 3.33. The van der Waals surface area contributed by atoms with Crippen molar-refractivity contribution < 1.29 is 14.4 Å². The van der Waals surface area contributed by atoms with E-state index in [1.54, 1.807) is 6.07 Å². The number of nitroso groups, excluding NO2 is 2. The van der Waals surface area contributed by atoms with Gasteiger partial charge in [-0.05, 0) is 0 Å². The van der Waals surface area contributed by atoms with Gasteiger partial charge in [0, 0.05) is 0 Å². The van der Waals surface area contributed by atoms with Crippen molar-refractivity contribution in [2.75, 3.05) is 6.54 Å². The van der Waals surface area contributed by atoms with E-state index in [0.29, 0.717) is 0 Å². The van der Waals surface area contributed by atoms with E-state index in [0.717, 1.165) is 0 Å². The molecule has 10 nitrogen and oxygen atoms in total. The molecule has 0 aromatic carbocycles. The quantitative estimate of drug-likeness (QED) is 0.445. The van der Waals surface area contributed by atoms with Crippen molar-refractivity contribution in [3.63, 3.8) is 0 Å². The molecule has 17 heavy (non-hydrogen) atoms. The van der Waals surface area contributed by atoms with Gasteiger partial charge < -0.3 is 4.74 Å². The molecule has 1 rings (SSSR count). The largest absolute Gasteiger partial charge is 0.353 e. The molecule has 4 N–H and O–H groups in total. The summed E-state index contributed by atoms with van der Waals surface area (Å²) in [6.45, 7) is -0.355. The van der Waals surface area contributed by atoms with Gasteiger partial charge in [0.2, 0.25) is 0 Å². The maximum atomic E-state index is 10.7. The first-order chi connectivity index (χ1) is 8.23. The van der Waals surface area contributed by atoms with E-state index >= 15 is 0 Å². The van der Waals surface area contributed by atoms with Gasteiger partial charge in [0.1, 0.15) is 24.9 Å². The normalized spacial score (nSPS) is 37.1. The lowest BCUT2D eigenvalue weighted by atomic mass is 9.93. The molecular weight excluding hydrogens is 234 g/mol. The molecule has 1 heterocycles. The van der Waals surface area contributed by atoms with Crippen LogP contribution < -0.4 is 11.8 Å². The van der Waals surface area contributed by atoms with Crippen molar-refractivity contribution in [2.24, 2.45) is 22.1 Å². The van der Waals surface area contributed by atoms with Crippen molar-refractivity contribution in [1.82, 2.24) is 0 Å². The third-order valence-corrected chi connectivity index (χ3v) is 2.48. The Morgan fingerprint density at radius 3 is 2.35 bits per heavy atom. The van der Waals surface area contributed by atoms with Gasteiger partial charge in [-0.15, -0.1) is 0 Å². The van der Waals surface area contributed by atoms with E-state index in [-0.39, 0.29) is 6.54 Å². The Hall–Kier alpha value is -1.51. The average molecular weight is 245 g/mol. The molecule has 1 aliphatic heterocycles. The fraction of sp³-hybridized carbons (Fsp3) is 0.857. The molecular formula is C7H11N5O5. The van der Waals surface area contributed by atoms with Crippen LogP contribution in [0.3, 0.4) is 0 Å². The summed E-state index contributed by atoms with van der Waals surface area (Å²) in [5.41, 5.74) is 0. The maximum absolute atomic E-state index is 10.7. The van der Waals surface area contributed by atoms with Crippen molar-refractivity contribution >= 4 is 0 Å². The molecule has 0 saturated carbocycles. The van der Waals surface area contributed by atoms with Gasteiger partial charge >= 0.3 is 0 Å². The lowest BCUT2D eigenvalue weighted by molar-refractivity contribution is -0.194. The summed E-state index contributed by atoms with van der Waals surface area (Å²) in [4.78, 5) is 29.9. The molecule has 0 radical (unpaired) electrons. The Labute approximate surface area is 95.6 Å². The zero-order valence-corrected chi connectivity index (χ0v) is 8.63. The summed E-state index contributed by atoms with van der Waals surface area (Å²) >= 11 is 0. The Morgan fingerprint density at radius 1 is 1.29 bits per heavy atom. The fourth-order valence-corrected chi connectivity index (χ4v) is 1.69. The average Bonchev–Trinajstić information content (AvgIpc) is 2.37. The summed E-state index contributed by atoms with van der Waals surface area (Å²) in [7, 11) is 0. The number of nitrogens with two attached hydrogens (primary N) is 2. The zero-order chi connectivity index (χ0) is 12.8. The molecule has 0 aromatic heterocycles. The smallest absolute Gasteiger partial charge is 0.175 e. The molecule has 0 spiro atoms. The van der Waals surface area contributed by atoms with Gasteiger partial charge in [-0.2, -0.15) is 15.1 Å². The Bertz CT molecular complexity index is 320. The number of rotatable bonds is 5. The topological polar surface area (TPSA) is 162 Å². The van der Waals surface area contributed by atoms with Crippen LogP contribution in [0.15, 0.2) is 10.4 Å². The van der Waals surface area contributed by atoms with Gasteiger partial charge in [-0.1, -0.05) is 10.4 Å². The molecule has 1 aliphatic rings. The third-order valence-electron chi connectivity index (χ3n) is 2.48. The molecule has 5 atom stereocenters.